The van der Waals surface area contributed by atoms with E-state index in [0.29, 0.717) is 17.4 Å². The fourth-order valence-electron chi connectivity index (χ4n) is 2.83. The van der Waals surface area contributed by atoms with Crippen molar-refractivity contribution in [1.82, 2.24) is 19.9 Å². The van der Waals surface area contributed by atoms with E-state index in [-0.39, 0.29) is 11.9 Å². The average molecular weight is 357 g/mol. The second-order valence-electron chi connectivity index (χ2n) is 6.54. The Balaban J connectivity index is 1.79. The molecular formula is C19H21ClN4O. The Bertz CT molecular complexity index is 857. The van der Waals surface area contributed by atoms with Gasteiger partial charge in [-0.3, -0.25) is 9.20 Å². The summed E-state index contributed by atoms with van der Waals surface area (Å²) < 4.78 is 1.93. The van der Waals surface area contributed by atoms with E-state index in [4.69, 9.17) is 11.6 Å². The molecule has 5 nitrogen and oxygen atoms in total. The first-order chi connectivity index (χ1) is 12.0. The molecule has 0 radical (unpaired) electrons. The summed E-state index contributed by atoms with van der Waals surface area (Å²) >= 11 is 5.89. The molecule has 1 N–H and O–H groups in total. The fraction of sp³-hybridized carbons (Fsp3) is 0.316. The molecule has 1 unspecified atom stereocenters. The molecule has 1 aromatic carbocycles. The number of benzene rings is 1. The normalized spacial score (nSPS) is 12.5. The Kier molecular flexibility index (Phi) is 5.34. The van der Waals surface area contributed by atoms with Crippen LogP contribution in [0, 0.1) is 5.92 Å². The van der Waals surface area contributed by atoms with Crippen LogP contribution in [0.2, 0.25) is 5.02 Å². The third-order valence-electron chi connectivity index (χ3n) is 3.97. The summed E-state index contributed by atoms with van der Waals surface area (Å²) in [6, 6.07) is 12.9. The van der Waals surface area contributed by atoms with Gasteiger partial charge in [0.1, 0.15) is 0 Å². The number of hydrogen-bond donors (Lipinski definition) is 1. The van der Waals surface area contributed by atoms with Gasteiger partial charge in [-0.15, -0.1) is 10.2 Å². The molecule has 0 aliphatic carbocycles. The predicted molar refractivity (Wildman–Crippen MR) is 98.5 cm³/mol. The summed E-state index contributed by atoms with van der Waals surface area (Å²) in [6.07, 6.45) is 3.02. The molecule has 0 aliphatic heterocycles. The quantitative estimate of drug-likeness (QED) is 0.730. The number of pyridine rings is 1. The van der Waals surface area contributed by atoms with Gasteiger partial charge >= 0.3 is 0 Å². The number of carbonyl (C=O) groups excluding carboxylic acids is 1. The molecule has 0 fully saturated rings. The highest BCUT2D eigenvalue weighted by molar-refractivity contribution is 6.30. The first-order valence-corrected chi connectivity index (χ1v) is 8.74. The van der Waals surface area contributed by atoms with Crippen LogP contribution in [0.15, 0.2) is 48.7 Å². The molecule has 0 saturated heterocycles. The van der Waals surface area contributed by atoms with Crippen LogP contribution < -0.4 is 5.32 Å². The third-order valence-corrected chi connectivity index (χ3v) is 4.22. The molecule has 0 bridgehead atoms. The lowest BCUT2D eigenvalue weighted by atomic mass is 10.0. The third kappa shape index (κ3) is 4.37. The molecule has 3 aromatic rings. The van der Waals surface area contributed by atoms with Gasteiger partial charge in [0.15, 0.2) is 11.5 Å². The second-order valence-corrected chi connectivity index (χ2v) is 6.98. The zero-order chi connectivity index (χ0) is 17.8. The summed E-state index contributed by atoms with van der Waals surface area (Å²) in [7, 11) is 0. The summed E-state index contributed by atoms with van der Waals surface area (Å²) in [6.45, 7) is 4.25. The van der Waals surface area contributed by atoms with Crippen LogP contribution in [0.4, 0.5) is 0 Å². The van der Waals surface area contributed by atoms with Crippen LogP contribution in [-0.2, 0) is 11.2 Å². The number of rotatable bonds is 6. The number of aromatic nitrogens is 3. The zero-order valence-corrected chi connectivity index (χ0v) is 15.1. The van der Waals surface area contributed by atoms with Crippen molar-refractivity contribution in [1.29, 1.82) is 0 Å². The minimum absolute atomic E-state index is 0.0411. The maximum absolute atomic E-state index is 12.5. The van der Waals surface area contributed by atoms with E-state index in [0.717, 1.165) is 23.5 Å². The molecule has 0 saturated carbocycles. The van der Waals surface area contributed by atoms with Crippen molar-refractivity contribution in [2.24, 2.45) is 5.92 Å². The Morgan fingerprint density at radius 3 is 2.64 bits per heavy atom. The summed E-state index contributed by atoms with van der Waals surface area (Å²) in [4.78, 5) is 12.5. The fourth-order valence-corrected chi connectivity index (χ4v) is 2.96. The minimum atomic E-state index is -0.183. The standard InChI is InChI=1S/C19H21ClN4O/c1-13(2)11-16(19-23-22-17-5-3-4-10-24(17)19)21-18(25)12-14-6-8-15(20)9-7-14/h3-10,13,16H,11-12H2,1-2H3,(H,21,25). The molecule has 2 aromatic heterocycles. The number of halogens is 1. The summed E-state index contributed by atoms with van der Waals surface area (Å²) in [5, 5.41) is 12.3. The predicted octanol–water partition coefficient (Wildman–Crippen LogP) is 3.83. The lowest BCUT2D eigenvalue weighted by Crippen LogP contribution is -2.32. The van der Waals surface area contributed by atoms with E-state index in [1.54, 1.807) is 12.1 Å². The highest BCUT2D eigenvalue weighted by atomic mass is 35.5. The van der Waals surface area contributed by atoms with Crippen molar-refractivity contribution in [2.45, 2.75) is 32.7 Å². The lowest BCUT2D eigenvalue weighted by molar-refractivity contribution is -0.121. The molecular weight excluding hydrogens is 336 g/mol. The van der Waals surface area contributed by atoms with Crippen molar-refractivity contribution in [3.8, 4) is 0 Å². The van der Waals surface area contributed by atoms with Crippen LogP contribution in [0.1, 0.15) is 37.7 Å². The molecule has 1 atom stereocenters. The highest BCUT2D eigenvalue weighted by Crippen LogP contribution is 2.21. The van der Waals surface area contributed by atoms with Crippen molar-refractivity contribution >= 4 is 23.2 Å². The summed E-state index contributed by atoms with van der Waals surface area (Å²) in [5.41, 5.74) is 1.70. The number of carbonyl (C=O) groups is 1. The lowest BCUT2D eigenvalue weighted by Gasteiger charge is -2.19. The van der Waals surface area contributed by atoms with Crippen molar-refractivity contribution in [3.05, 3.63) is 65.1 Å². The Morgan fingerprint density at radius 1 is 1.16 bits per heavy atom. The molecule has 6 heteroatoms. The van der Waals surface area contributed by atoms with Crippen LogP contribution in [0.5, 0.6) is 0 Å². The second kappa shape index (κ2) is 7.66. The summed E-state index contributed by atoms with van der Waals surface area (Å²) in [5.74, 6) is 1.13. The van der Waals surface area contributed by atoms with Gasteiger partial charge in [0.05, 0.1) is 12.5 Å². The largest absolute Gasteiger partial charge is 0.346 e. The van der Waals surface area contributed by atoms with E-state index in [1.165, 1.54) is 0 Å². The van der Waals surface area contributed by atoms with Gasteiger partial charge < -0.3 is 5.32 Å². The SMILES string of the molecule is CC(C)CC(NC(=O)Cc1ccc(Cl)cc1)c1nnc2ccccn12. The zero-order valence-electron chi connectivity index (χ0n) is 14.3. The average Bonchev–Trinajstić information content (AvgIpc) is 3.00. The molecule has 2 heterocycles. The van der Waals surface area contributed by atoms with Gasteiger partial charge in [-0.2, -0.15) is 0 Å². The smallest absolute Gasteiger partial charge is 0.225 e. The van der Waals surface area contributed by atoms with Gasteiger partial charge in [-0.05, 0) is 42.2 Å². The topological polar surface area (TPSA) is 59.3 Å². The minimum Gasteiger partial charge on any atom is -0.346 e. The van der Waals surface area contributed by atoms with Crippen LogP contribution in [-0.4, -0.2) is 20.5 Å². The van der Waals surface area contributed by atoms with Gasteiger partial charge in [0.25, 0.3) is 0 Å². The van der Waals surface area contributed by atoms with Crippen LogP contribution >= 0.6 is 11.6 Å². The molecule has 3 rings (SSSR count). The Hall–Kier alpha value is -2.40. The van der Waals surface area contributed by atoms with Crippen molar-refractivity contribution < 1.29 is 4.79 Å². The van der Waals surface area contributed by atoms with E-state index in [9.17, 15) is 4.79 Å². The molecule has 0 spiro atoms. The number of nitrogens with zero attached hydrogens (tertiary/aromatic N) is 3. The Morgan fingerprint density at radius 2 is 1.92 bits per heavy atom. The first kappa shape index (κ1) is 17.4. The van der Waals surface area contributed by atoms with Crippen molar-refractivity contribution in [2.75, 3.05) is 0 Å². The number of hydrogen-bond acceptors (Lipinski definition) is 3. The van der Waals surface area contributed by atoms with Gasteiger partial charge in [0, 0.05) is 11.2 Å². The van der Waals surface area contributed by atoms with E-state index >= 15 is 0 Å². The number of fused-ring (bicyclic) bond motifs is 1. The highest BCUT2D eigenvalue weighted by Gasteiger charge is 2.21. The van der Waals surface area contributed by atoms with Gasteiger partial charge in [-0.25, -0.2) is 0 Å². The van der Waals surface area contributed by atoms with E-state index in [2.05, 4.69) is 29.4 Å². The molecule has 25 heavy (non-hydrogen) atoms. The number of nitrogens with one attached hydrogen (secondary N) is 1. The van der Waals surface area contributed by atoms with E-state index in [1.807, 2.05) is 40.9 Å². The first-order valence-electron chi connectivity index (χ1n) is 8.36. The Labute approximate surface area is 152 Å². The maximum atomic E-state index is 12.5. The van der Waals surface area contributed by atoms with E-state index < -0.39 is 0 Å². The van der Waals surface area contributed by atoms with Crippen LogP contribution in [0.3, 0.4) is 0 Å². The number of amides is 1. The maximum Gasteiger partial charge on any atom is 0.225 e. The molecule has 1 amide bonds. The monoisotopic (exact) mass is 356 g/mol. The molecule has 130 valence electrons. The molecule has 0 aliphatic rings. The van der Waals surface area contributed by atoms with Gasteiger partial charge in [0.2, 0.25) is 5.91 Å². The van der Waals surface area contributed by atoms with Gasteiger partial charge in [-0.1, -0.05) is 43.6 Å². The van der Waals surface area contributed by atoms with Crippen LogP contribution in [0.25, 0.3) is 5.65 Å². The van der Waals surface area contributed by atoms with Crippen molar-refractivity contribution in [3.63, 3.8) is 0 Å².